The Kier molecular flexibility index (Phi) is 11.6. The molecule has 1 aliphatic rings. The molecule has 0 heterocycles. The summed E-state index contributed by atoms with van der Waals surface area (Å²) in [5.41, 5.74) is 3.30. The number of carbonyl (C=O) groups excluding carboxylic acids is 2. The molecule has 6 heteroatoms. The van der Waals surface area contributed by atoms with Gasteiger partial charge in [-0.05, 0) is 77.4 Å². The van der Waals surface area contributed by atoms with E-state index in [-0.39, 0.29) is 11.9 Å². The van der Waals surface area contributed by atoms with Gasteiger partial charge in [0.05, 0.1) is 13.0 Å². The minimum Gasteiger partial charge on any atom is -0.469 e. The zero-order valence-corrected chi connectivity index (χ0v) is 20.5. The van der Waals surface area contributed by atoms with Gasteiger partial charge < -0.3 is 14.8 Å². The summed E-state index contributed by atoms with van der Waals surface area (Å²) in [7, 11) is 1.42. The summed E-state index contributed by atoms with van der Waals surface area (Å²) in [6.45, 7) is 12.3. The quantitative estimate of drug-likeness (QED) is 0.220. The van der Waals surface area contributed by atoms with E-state index < -0.39 is 11.7 Å². The standard InChI is InChI=1S/C25H42N2O4/c1-8-12-18(9-2)22-17-20(22)16-21(26-10-3)15-19(23(28)30-7)13-11-14-27-24(29)31-25(4,5)6/h10,16,18-19H,8-9,11-15,17H2,1-7H3,(H,27,29)/b21-16-,26-10?. The van der Waals surface area contributed by atoms with Gasteiger partial charge >= 0.3 is 12.1 Å². The van der Waals surface area contributed by atoms with Crippen LogP contribution in [0.25, 0.3) is 0 Å². The van der Waals surface area contributed by atoms with Crippen LogP contribution in [-0.2, 0) is 14.3 Å². The minimum absolute atomic E-state index is 0.239. The molecule has 0 aromatic heterocycles. The van der Waals surface area contributed by atoms with Crippen LogP contribution in [-0.4, -0.2) is 37.5 Å². The first-order valence-electron chi connectivity index (χ1n) is 11.6. The number of aliphatic imine (C=N–C) groups is 1. The Morgan fingerprint density at radius 1 is 1.23 bits per heavy atom. The molecule has 1 N–H and O–H groups in total. The van der Waals surface area contributed by atoms with Gasteiger partial charge in [-0.3, -0.25) is 9.79 Å². The van der Waals surface area contributed by atoms with E-state index in [2.05, 4.69) is 30.2 Å². The first kappa shape index (κ1) is 26.9. The van der Waals surface area contributed by atoms with Crippen molar-refractivity contribution < 1.29 is 19.1 Å². The van der Waals surface area contributed by atoms with Gasteiger partial charge in [0, 0.05) is 24.9 Å². The molecule has 0 aliphatic heterocycles. The molecule has 0 radical (unpaired) electrons. The second-order valence-electron chi connectivity index (χ2n) is 9.14. The third-order valence-corrected chi connectivity index (χ3v) is 5.31. The van der Waals surface area contributed by atoms with Crippen molar-refractivity contribution in [1.82, 2.24) is 5.32 Å². The molecule has 176 valence electrons. The van der Waals surface area contributed by atoms with Crippen LogP contribution >= 0.6 is 0 Å². The van der Waals surface area contributed by atoms with E-state index in [4.69, 9.17) is 9.47 Å². The van der Waals surface area contributed by atoms with Gasteiger partial charge in [-0.15, -0.1) is 0 Å². The van der Waals surface area contributed by atoms with Gasteiger partial charge in [-0.2, -0.15) is 0 Å². The fraction of sp³-hybridized carbons (Fsp3) is 0.720. The second-order valence-corrected chi connectivity index (χ2v) is 9.14. The van der Waals surface area contributed by atoms with E-state index in [1.165, 1.54) is 31.9 Å². The summed E-state index contributed by atoms with van der Waals surface area (Å²) in [5, 5.41) is 2.74. The first-order valence-corrected chi connectivity index (χ1v) is 11.6. The molecule has 0 saturated heterocycles. The maximum absolute atomic E-state index is 12.3. The van der Waals surface area contributed by atoms with Crippen molar-refractivity contribution in [3.05, 3.63) is 22.9 Å². The number of hydrogen-bond donors (Lipinski definition) is 1. The van der Waals surface area contributed by atoms with Crippen molar-refractivity contribution in [1.29, 1.82) is 0 Å². The molecule has 31 heavy (non-hydrogen) atoms. The third-order valence-electron chi connectivity index (χ3n) is 5.31. The summed E-state index contributed by atoms with van der Waals surface area (Å²) < 4.78 is 10.3. The van der Waals surface area contributed by atoms with Crippen LogP contribution in [0.1, 0.15) is 86.5 Å². The molecule has 6 nitrogen and oxygen atoms in total. The van der Waals surface area contributed by atoms with E-state index in [1.54, 1.807) is 11.8 Å². The molecule has 0 spiro atoms. The van der Waals surface area contributed by atoms with Crippen LogP contribution in [0.5, 0.6) is 0 Å². The molecule has 0 aromatic rings. The van der Waals surface area contributed by atoms with Crippen molar-refractivity contribution in [3.8, 4) is 0 Å². The van der Waals surface area contributed by atoms with Crippen LogP contribution in [0.3, 0.4) is 0 Å². The number of carbonyl (C=O) groups is 2. The Hall–Kier alpha value is -2.11. The van der Waals surface area contributed by atoms with Gasteiger partial charge in [0.15, 0.2) is 0 Å². The largest absolute Gasteiger partial charge is 0.469 e. The normalized spacial score (nSPS) is 16.3. The SMILES string of the molecule is CC=N/C(=C\C1=C(C(CC)CCC)C1)CC(CCCNC(=O)OC(C)(C)C)C(=O)OC. The van der Waals surface area contributed by atoms with Crippen molar-refractivity contribution in [2.75, 3.05) is 13.7 Å². The molecule has 2 unspecified atom stereocenters. The maximum atomic E-state index is 12.3. The van der Waals surface area contributed by atoms with Crippen molar-refractivity contribution >= 4 is 18.3 Å². The molecular weight excluding hydrogens is 392 g/mol. The monoisotopic (exact) mass is 434 g/mol. The summed E-state index contributed by atoms with van der Waals surface area (Å²) >= 11 is 0. The van der Waals surface area contributed by atoms with Crippen LogP contribution in [0.2, 0.25) is 0 Å². The molecule has 2 atom stereocenters. The van der Waals surface area contributed by atoms with E-state index in [0.717, 1.165) is 12.1 Å². The van der Waals surface area contributed by atoms with E-state index in [9.17, 15) is 9.59 Å². The number of methoxy groups -OCH3 is 1. The molecule has 1 aliphatic carbocycles. The number of nitrogens with one attached hydrogen (secondary N) is 1. The number of rotatable bonds is 13. The van der Waals surface area contributed by atoms with Gasteiger partial charge in [-0.1, -0.05) is 25.8 Å². The number of hydrogen-bond acceptors (Lipinski definition) is 5. The van der Waals surface area contributed by atoms with E-state index in [0.29, 0.717) is 31.7 Å². The lowest BCUT2D eigenvalue weighted by molar-refractivity contribution is -0.145. The Bertz CT molecular complexity index is 686. The molecule has 1 rings (SSSR count). The zero-order valence-electron chi connectivity index (χ0n) is 20.5. The average molecular weight is 435 g/mol. The predicted octanol–water partition coefficient (Wildman–Crippen LogP) is 5.97. The van der Waals surface area contributed by atoms with Crippen molar-refractivity contribution in [2.24, 2.45) is 16.8 Å². The van der Waals surface area contributed by atoms with Crippen LogP contribution in [0.4, 0.5) is 4.79 Å². The molecule has 0 aromatic carbocycles. The Balaban J connectivity index is 2.72. The molecule has 0 bridgehead atoms. The highest BCUT2D eigenvalue weighted by atomic mass is 16.6. The van der Waals surface area contributed by atoms with Crippen molar-refractivity contribution in [2.45, 2.75) is 92.1 Å². The van der Waals surface area contributed by atoms with Crippen LogP contribution in [0, 0.1) is 11.8 Å². The lowest BCUT2D eigenvalue weighted by atomic mass is 9.96. The number of nitrogens with zero attached hydrogens (tertiary/aromatic N) is 1. The van der Waals surface area contributed by atoms with Gasteiger partial charge in [0.25, 0.3) is 0 Å². The zero-order chi connectivity index (χ0) is 23.4. The number of amides is 1. The summed E-state index contributed by atoms with van der Waals surface area (Å²) in [4.78, 5) is 28.7. The maximum Gasteiger partial charge on any atom is 0.407 e. The molecular formula is C25H42N2O4. The fourth-order valence-electron chi connectivity index (χ4n) is 3.78. The van der Waals surface area contributed by atoms with Gasteiger partial charge in [-0.25, -0.2) is 4.79 Å². The minimum atomic E-state index is -0.527. The van der Waals surface area contributed by atoms with Crippen LogP contribution < -0.4 is 5.32 Å². The molecule has 1 amide bonds. The smallest absolute Gasteiger partial charge is 0.407 e. The third kappa shape index (κ3) is 10.7. The highest BCUT2D eigenvalue weighted by Gasteiger charge is 2.27. The topological polar surface area (TPSA) is 77.0 Å². The first-order chi connectivity index (χ1) is 14.6. The highest BCUT2D eigenvalue weighted by Crippen LogP contribution is 2.42. The number of allylic oxidation sites excluding steroid dienone is 4. The Morgan fingerprint density at radius 2 is 1.94 bits per heavy atom. The van der Waals surface area contributed by atoms with Crippen molar-refractivity contribution in [3.63, 3.8) is 0 Å². The summed E-state index contributed by atoms with van der Waals surface area (Å²) in [6.07, 6.45) is 9.94. The number of alkyl carbamates (subject to hydrolysis) is 1. The van der Waals surface area contributed by atoms with E-state index >= 15 is 0 Å². The molecule has 0 saturated carbocycles. The lowest BCUT2D eigenvalue weighted by Crippen LogP contribution is -2.33. The number of esters is 1. The fourth-order valence-corrected chi connectivity index (χ4v) is 3.78. The Morgan fingerprint density at radius 3 is 2.48 bits per heavy atom. The second kappa shape index (κ2) is 13.3. The van der Waals surface area contributed by atoms with Gasteiger partial charge in [0.2, 0.25) is 0 Å². The average Bonchev–Trinajstić information content (AvgIpc) is 3.45. The summed E-state index contributed by atoms with van der Waals surface area (Å²) in [5.74, 6) is 0.135. The van der Waals surface area contributed by atoms with E-state index in [1.807, 2.05) is 27.7 Å². The summed E-state index contributed by atoms with van der Waals surface area (Å²) in [6, 6.07) is 0. The predicted molar refractivity (Wildman–Crippen MR) is 126 cm³/mol. The lowest BCUT2D eigenvalue weighted by Gasteiger charge is -2.20. The van der Waals surface area contributed by atoms with Gasteiger partial charge in [0.1, 0.15) is 5.60 Å². The molecule has 0 fully saturated rings. The Labute approximate surface area is 188 Å². The number of ether oxygens (including phenoxy) is 2. The highest BCUT2D eigenvalue weighted by molar-refractivity contribution is 5.73. The van der Waals surface area contributed by atoms with Crippen LogP contribution in [0.15, 0.2) is 27.9 Å².